The molecule has 5 heteroatoms. The standard InChI is InChI=1S/C6H13N3O2/c1-5(2)6-3-4-8(7-6)9(10)11/h5-7H,3-4H2,1-2H3. The Kier molecular flexibility index (Phi) is 2.28. The number of nitrogens with zero attached hydrogens (tertiary/aromatic N) is 2. The highest BCUT2D eigenvalue weighted by Crippen LogP contribution is 2.12. The van der Waals surface area contributed by atoms with E-state index in [9.17, 15) is 10.1 Å². The number of nitro groups is 1. The van der Waals surface area contributed by atoms with E-state index in [-0.39, 0.29) is 6.04 Å². The first-order valence-electron chi connectivity index (χ1n) is 3.79. The molecule has 1 atom stereocenters. The van der Waals surface area contributed by atoms with Gasteiger partial charge in [0, 0.05) is 6.04 Å². The molecule has 1 rings (SSSR count). The SMILES string of the molecule is CC(C)C1CCN([N+](=O)[O-])N1. The largest absolute Gasteiger partial charge is 0.233 e. The van der Waals surface area contributed by atoms with Gasteiger partial charge in [-0.25, -0.2) is 10.1 Å². The Labute approximate surface area is 65.5 Å². The average molecular weight is 159 g/mol. The Morgan fingerprint density at radius 1 is 1.73 bits per heavy atom. The molecule has 1 aliphatic heterocycles. The van der Waals surface area contributed by atoms with Gasteiger partial charge in [0.15, 0.2) is 5.03 Å². The van der Waals surface area contributed by atoms with Crippen molar-refractivity contribution in [3.8, 4) is 0 Å². The molecule has 0 aromatic carbocycles. The molecule has 0 radical (unpaired) electrons. The quantitative estimate of drug-likeness (QED) is 0.468. The first kappa shape index (κ1) is 8.26. The van der Waals surface area contributed by atoms with Crippen molar-refractivity contribution in [2.75, 3.05) is 6.54 Å². The Balaban J connectivity index is 2.41. The van der Waals surface area contributed by atoms with Gasteiger partial charge in [-0.1, -0.05) is 19.0 Å². The molecule has 1 aliphatic rings. The zero-order chi connectivity index (χ0) is 8.43. The maximum absolute atomic E-state index is 10.2. The molecule has 1 N–H and O–H groups in total. The van der Waals surface area contributed by atoms with E-state index >= 15 is 0 Å². The van der Waals surface area contributed by atoms with Gasteiger partial charge in [0.2, 0.25) is 0 Å². The molecule has 0 aromatic heterocycles. The molecule has 1 heterocycles. The monoisotopic (exact) mass is 159 g/mol. The molecular weight excluding hydrogens is 146 g/mol. The molecule has 1 fully saturated rings. The van der Waals surface area contributed by atoms with E-state index < -0.39 is 5.03 Å². The van der Waals surface area contributed by atoms with E-state index in [1.807, 2.05) is 0 Å². The van der Waals surface area contributed by atoms with E-state index in [0.29, 0.717) is 12.5 Å². The molecular formula is C6H13N3O2. The van der Waals surface area contributed by atoms with Crippen molar-refractivity contribution in [3.05, 3.63) is 10.1 Å². The van der Waals surface area contributed by atoms with Gasteiger partial charge in [0.1, 0.15) is 0 Å². The second-order valence-electron chi connectivity index (χ2n) is 3.13. The summed E-state index contributed by atoms with van der Waals surface area (Å²) < 4.78 is 0. The summed E-state index contributed by atoms with van der Waals surface area (Å²) in [5.41, 5.74) is 2.82. The van der Waals surface area contributed by atoms with Gasteiger partial charge in [-0.05, 0) is 12.3 Å². The van der Waals surface area contributed by atoms with Gasteiger partial charge >= 0.3 is 0 Å². The van der Waals surface area contributed by atoms with Gasteiger partial charge in [0.25, 0.3) is 0 Å². The molecule has 0 aliphatic carbocycles. The summed E-state index contributed by atoms with van der Waals surface area (Å²) in [4.78, 5) is 10.2. The third-order valence-electron chi connectivity index (χ3n) is 1.97. The summed E-state index contributed by atoms with van der Waals surface area (Å²) in [6.45, 7) is 4.62. The Hall–Kier alpha value is -0.840. The van der Waals surface area contributed by atoms with E-state index in [0.717, 1.165) is 11.5 Å². The van der Waals surface area contributed by atoms with Crippen LogP contribution in [0.2, 0.25) is 0 Å². The summed E-state index contributed by atoms with van der Waals surface area (Å²) in [6, 6.07) is 0.264. The van der Waals surface area contributed by atoms with Crippen LogP contribution in [0, 0.1) is 16.0 Å². The summed E-state index contributed by atoms with van der Waals surface area (Å²) in [6.07, 6.45) is 0.860. The maximum Gasteiger partial charge on any atom is 0.176 e. The summed E-state index contributed by atoms with van der Waals surface area (Å²) >= 11 is 0. The lowest BCUT2D eigenvalue weighted by molar-refractivity contribution is -0.665. The number of hydrogen-bond donors (Lipinski definition) is 1. The number of rotatable bonds is 2. The molecule has 0 bridgehead atoms. The van der Waals surface area contributed by atoms with Crippen molar-refractivity contribution in [1.29, 1.82) is 0 Å². The van der Waals surface area contributed by atoms with Crippen LogP contribution >= 0.6 is 0 Å². The molecule has 0 amide bonds. The second kappa shape index (κ2) is 3.04. The minimum atomic E-state index is -0.400. The van der Waals surface area contributed by atoms with Crippen molar-refractivity contribution in [3.63, 3.8) is 0 Å². The lowest BCUT2D eigenvalue weighted by Crippen LogP contribution is -2.41. The van der Waals surface area contributed by atoms with Crippen LogP contribution in [-0.4, -0.2) is 22.7 Å². The minimum absolute atomic E-state index is 0.264. The van der Waals surface area contributed by atoms with Crippen molar-refractivity contribution in [2.45, 2.75) is 26.3 Å². The fraction of sp³-hybridized carbons (Fsp3) is 1.00. The normalized spacial score (nSPS) is 24.6. The zero-order valence-corrected chi connectivity index (χ0v) is 6.78. The molecule has 1 saturated heterocycles. The average Bonchev–Trinajstić information content (AvgIpc) is 2.33. The van der Waals surface area contributed by atoms with Gasteiger partial charge < -0.3 is 0 Å². The molecule has 11 heavy (non-hydrogen) atoms. The molecule has 0 aromatic rings. The minimum Gasteiger partial charge on any atom is -0.233 e. The Bertz CT molecular complexity index is 160. The predicted octanol–water partition coefficient (Wildman–Crippen LogP) is 0.413. The Morgan fingerprint density at radius 2 is 2.36 bits per heavy atom. The molecule has 64 valence electrons. The predicted molar refractivity (Wildman–Crippen MR) is 40.1 cm³/mol. The topological polar surface area (TPSA) is 58.4 Å². The Morgan fingerprint density at radius 3 is 2.64 bits per heavy atom. The number of nitrogens with one attached hydrogen (secondary N) is 1. The summed E-state index contributed by atoms with van der Waals surface area (Å²) in [5.74, 6) is 0.458. The van der Waals surface area contributed by atoms with E-state index in [4.69, 9.17) is 0 Å². The highest BCUT2D eigenvalue weighted by Gasteiger charge is 2.29. The first-order valence-corrected chi connectivity index (χ1v) is 3.79. The van der Waals surface area contributed by atoms with Gasteiger partial charge in [0.05, 0.1) is 6.54 Å². The van der Waals surface area contributed by atoms with Crippen LogP contribution in [0.15, 0.2) is 0 Å². The third kappa shape index (κ3) is 1.80. The van der Waals surface area contributed by atoms with Crippen LogP contribution in [0.5, 0.6) is 0 Å². The highest BCUT2D eigenvalue weighted by molar-refractivity contribution is 4.73. The fourth-order valence-electron chi connectivity index (χ4n) is 1.19. The van der Waals surface area contributed by atoms with Gasteiger partial charge in [-0.2, -0.15) is 5.43 Å². The van der Waals surface area contributed by atoms with Gasteiger partial charge in [-0.3, -0.25) is 0 Å². The van der Waals surface area contributed by atoms with Crippen LogP contribution in [-0.2, 0) is 0 Å². The number of hydrogen-bond acceptors (Lipinski definition) is 3. The lowest BCUT2D eigenvalue weighted by atomic mass is 10.0. The first-order chi connectivity index (χ1) is 5.11. The number of hydrazine groups is 2. The molecule has 0 saturated carbocycles. The van der Waals surface area contributed by atoms with Crippen molar-refractivity contribution in [2.24, 2.45) is 5.92 Å². The van der Waals surface area contributed by atoms with Crippen LogP contribution in [0.25, 0.3) is 0 Å². The second-order valence-corrected chi connectivity index (χ2v) is 3.13. The van der Waals surface area contributed by atoms with Crippen molar-refractivity contribution < 1.29 is 5.03 Å². The van der Waals surface area contributed by atoms with E-state index in [2.05, 4.69) is 19.3 Å². The highest BCUT2D eigenvalue weighted by atomic mass is 16.7. The fourth-order valence-corrected chi connectivity index (χ4v) is 1.19. The summed E-state index contributed by atoms with van der Waals surface area (Å²) in [5, 5.41) is 10.9. The molecule has 5 nitrogen and oxygen atoms in total. The van der Waals surface area contributed by atoms with Crippen molar-refractivity contribution in [1.82, 2.24) is 10.5 Å². The van der Waals surface area contributed by atoms with Crippen LogP contribution < -0.4 is 5.43 Å². The van der Waals surface area contributed by atoms with E-state index in [1.165, 1.54) is 0 Å². The lowest BCUT2D eigenvalue weighted by Gasteiger charge is -2.13. The van der Waals surface area contributed by atoms with Gasteiger partial charge in [-0.15, -0.1) is 0 Å². The molecule has 1 unspecified atom stereocenters. The van der Waals surface area contributed by atoms with Crippen LogP contribution in [0.1, 0.15) is 20.3 Å². The smallest absolute Gasteiger partial charge is 0.176 e. The zero-order valence-electron chi connectivity index (χ0n) is 6.78. The molecule has 0 spiro atoms. The maximum atomic E-state index is 10.2. The van der Waals surface area contributed by atoms with E-state index in [1.54, 1.807) is 0 Å². The van der Waals surface area contributed by atoms with Crippen molar-refractivity contribution >= 4 is 0 Å². The third-order valence-corrected chi connectivity index (χ3v) is 1.97. The van der Waals surface area contributed by atoms with Crippen LogP contribution in [0.4, 0.5) is 0 Å². The van der Waals surface area contributed by atoms with Crippen LogP contribution in [0.3, 0.4) is 0 Å². The summed E-state index contributed by atoms with van der Waals surface area (Å²) in [7, 11) is 0.